The number of hydrogen-bond acceptors (Lipinski definition) is 3. The molecule has 0 saturated heterocycles. The van der Waals surface area contributed by atoms with Crippen molar-refractivity contribution in [2.24, 2.45) is 0 Å². The summed E-state index contributed by atoms with van der Waals surface area (Å²) in [5.41, 5.74) is 1.43. The van der Waals surface area contributed by atoms with E-state index in [2.05, 4.69) is 22.3 Å². The number of nitriles is 1. The van der Waals surface area contributed by atoms with E-state index in [1.54, 1.807) is 6.07 Å². The molecule has 1 rings (SSSR count). The van der Waals surface area contributed by atoms with Crippen LogP contribution < -0.4 is 5.32 Å². The summed E-state index contributed by atoms with van der Waals surface area (Å²) in [5, 5.41) is 11.8. The second-order valence-electron chi connectivity index (χ2n) is 2.84. The molecule has 0 aliphatic heterocycles. The molecule has 0 aliphatic rings. The number of nitrogens with zero attached hydrogens (tertiary/aromatic N) is 2. The molecule has 0 atom stereocenters. The standard InChI is InChI=1S/C11H11N3/c1-3-4-7-13-11-10(8-12)6-5-9(2)14-11/h1,5-6H,4,7H2,2H3,(H,13,14). The first kappa shape index (κ1) is 10.1. The molecule has 1 aromatic rings. The minimum atomic E-state index is 0.549. The van der Waals surface area contributed by atoms with Crippen molar-refractivity contribution in [2.45, 2.75) is 13.3 Å². The largest absolute Gasteiger partial charge is 0.368 e. The molecule has 0 aliphatic carbocycles. The van der Waals surface area contributed by atoms with Gasteiger partial charge in [0.05, 0.1) is 5.56 Å². The molecule has 3 heteroatoms. The molecule has 0 radical (unpaired) electrons. The summed E-state index contributed by atoms with van der Waals surface area (Å²) in [6.45, 7) is 2.52. The van der Waals surface area contributed by atoms with Crippen molar-refractivity contribution in [3.05, 3.63) is 23.4 Å². The molecule has 0 spiro atoms. The maximum Gasteiger partial charge on any atom is 0.144 e. The highest BCUT2D eigenvalue weighted by atomic mass is 15.0. The van der Waals surface area contributed by atoms with Crippen molar-refractivity contribution in [3.63, 3.8) is 0 Å². The van der Waals surface area contributed by atoms with Gasteiger partial charge < -0.3 is 5.32 Å². The van der Waals surface area contributed by atoms with Gasteiger partial charge in [-0.3, -0.25) is 0 Å². The third-order valence-corrected chi connectivity index (χ3v) is 1.72. The van der Waals surface area contributed by atoms with Crippen molar-refractivity contribution >= 4 is 5.82 Å². The second-order valence-corrected chi connectivity index (χ2v) is 2.84. The van der Waals surface area contributed by atoms with Crippen LogP contribution in [0.15, 0.2) is 12.1 Å². The van der Waals surface area contributed by atoms with Crippen LogP contribution in [0.4, 0.5) is 5.82 Å². The van der Waals surface area contributed by atoms with Crippen LogP contribution in [0.5, 0.6) is 0 Å². The topological polar surface area (TPSA) is 48.7 Å². The smallest absolute Gasteiger partial charge is 0.144 e. The van der Waals surface area contributed by atoms with Gasteiger partial charge in [0.25, 0.3) is 0 Å². The Kier molecular flexibility index (Phi) is 3.52. The zero-order valence-electron chi connectivity index (χ0n) is 8.04. The summed E-state index contributed by atoms with van der Waals surface area (Å²) in [5.74, 6) is 3.13. The number of aryl methyl sites for hydroxylation is 1. The quantitative estimate of drug-likeness (QED) is 0.576. The minimum absolute atomic E-state index is 0.549. The third-order valence-electron chi connectivity index (χ3n) is 1.72. The maximum absolute atomic E-state index is 8.80. The number of hydrogen-bond donors (Lipinski definition) is 1. The third kappa shape index (κ3) is 2.50. The zero-order chi connectivity index (χ0) is 10.4. The van der Waals surface area contributed by atoms with Gasteiger partial charge in [-0.1, -0.05) is 0 Å². The van der Waals surface area contributed by atoms with Crippen LogP contribution in [-0.4, -0.2) is 11.5 Å². The van der Waals surface area contributed by atoms with Gasteiger partial charge in [0.2, 0.25) is 0 Å². The molecule has 14 heavy (non-hydrogen) atoms. The van der Waals surface area contributed by atoms with Crippen LogP contribution in [0.1, 0.15) is 17.7 Å². The van der Waals surface area contributed by atoms with Gasteiger partial charge in [-0.2, -0.15) is 5.26 Å². The highest BCUT2D eigenvalue weighted by Crippen LogP contribution is 2.11. The van der Waals surface area contributed by atoms with Crippen molar-refractivity contribution in [2.75, 3.05) is 11.9 Å². The fourth-order valence-corrected chi connectivity index (χ4v) is 1.03. The van der Waals surface area contributed by atoms with E-state index in [4.69, 9.17) is 11.7 Å². The molecule has 0 bridgehead atoms. The van der Waals surface area contributed by atoms with Crippen LogP contribution in [0.3, 0.4) is 0 Å². The van der Waals surface area contributed by atoms with Gasteiger partial charge >= 0.3 is 0 Å². The first-order valence-electron chi connectivity index (χ1n) is 4.33. The van der Waals surface area contributed by atoms with Gasteiger partial charge in [-0.05, 0) is 19.1 Å². The predicted molar refractivity (Wildman–Crippen MR) is 55.6 cm³/mol. The Hall–Kier alpha value is -2.00. The summed E-state index contributed by atoms with van der Waals surface area (Å²) in [4.78, 5) is 4.21. The zero-order valence-corrected chi connectivity index (χ0v) is 8.04. The lowest BCUT2D eigenvalue weighted by Gasteiger charge is -2.05. The second kappa shape index (κ2) is 4.89. The lowest BCUT2D eigenvalue weighted by molar-refractivity contribution is 1.06. The Balaban J connectivity index is 2.80. The SMILES string of the molecule is C#CCCNc1nc(C)ccc1C#N. The van der Waals surface area contributed by atoms with Crippen molar-refractivity contribution in [1.29, 1.82) is 5.26 Å². The Morgan fingerprint density at radius 3 is 3.00 bits per heavy atom. The molecular formula is C11H11N3. The maximum atomic E-state index is 8.80. The summed E-state index contributed by atoms with van der Waals surface area (Å²) < 4.78 is 0. The number of rotatable bonds is 3. The Morgan fingerprint density at radius 1 is 1.57 bits per heavy atom. The lowest BCUT2D eigenvalue weighted by atomic mass is 10.2. The summed E-state index contributed by atoms with van der Waals surface area (Å²) in [6.07, 6.45) is 5.74. The van der Waals surface area contributed by atoms with E-state index < -0.39 is 0 Å². The number of nitrogens with one attached hydrogen (secondary N) is 1. The molecule has 0 amide bonds. The fourth-order valence-electron chi connectivity index (χ4n) is 1.03. The average Bonchev–Trinajstić information content (AvgIpc) is 2.19. The molecule has 70 valence electrons. The molecule has 1 aromatic heterocycles. The minimum Gasteiger partial charge on any atom is -0.368 e. The van der Waals surface area contributed by atoms with Gasteiger partial charge in [-0.15, -0.1) is 12.3 Å². The first-order valence-corrected chi connectivity index (χ1v) is 4.33. The molecule has 1 heterocycles. The average molecular weight is 185 g/mol. The van der Waals surface area contributed by atoms with Crippen LogP contribution in [0.2, 0.25) is 0 Å². The molecule has 0 aromatic carbocycles. The Bertz CT molecular complexity index is 396. The molecule has 1 N–H and O–H groups in total. The molecule has 0 saturated carbocycles. The van der Waals surface area contributed by atoms with E-state index in [-0.39, 0.29) is 0 Å². The fraction of sp³-hybridized carbons (Fsp3) is 0.273. The number of aromatic nitrogens is 1. The van der Waals surface area contributed by atoms with Gasteiger partial charge in [0.15, 0.2) is 0 Å². The molecule has 0 fully saturated rings. The van der Waals surface area contributed by atoms with E-state index >= 15 is 0 Å². The Morgan fingerprint density at radius 2 is 2.36 bits per heavy atom. The predicted octanol–water partition coefficient (Wildman–Crippen LogP) is 1.70. The van der Waals surface area contributed by atoms with Gasteiger partial charge in [0, 0.05) is 18.7 Å². The van der Waals surface area contributed by atoms with E-state index in [9.17, 15) is 0 Å². The van der Waals surface area contributed by atoms with Crippen molar-refractivity contribution in [3.8, 4) is 18.4 Å². The summed E-state index contributed by atoms with van der Waals surface area (Å²) in [6, 6.07) is 5.63. The van der Waals surface area contributed by atoms with Crippen molar-refractivity contribution in [1.82, 2.24) is 4.98 Å². The van der Waals surface area contributed by atoms with E-state index in [1.165, 1.54) is 0 Å². The normalized spacial score (nSPS) is 8.79. The molecule has 0 unspecified atom stereocenters. The summed E-state index contributed by atoms with van der Waals surface area (Å²) in [7, 11) is 0. The van der Waals surface area contributed by atoms with E-state index in [0.717, 1.165) is 5.69 Å². The Labute approximate surface area is 83.8 Å². The van der Waals surface area contributed by atoms with Crippen LogP contribution >= 0.6 is 0 Å². The summed E-state index contributed by atoms with van der Waals surface area (Å²) >= 11 is 0. The van der Waals surface area contributed by atoms with E-state index in [0.29, 0.717) is 24.3 Å². The van der Waals surface area contributed by atoms with Crippen LogP contribution in [-0.2, 0) is 0 Å². The number of terminal acetylenes is 1. The highest BCUT2D eigenvalue weighted by Gasteiger charge is 2.01. The highest BCUT2D eigenvalue weighted by molar-refractivity contribution is 5.52. The monoisotopic (exact) mass is 185 g/mol. The van der Waals surface area contributed by atoms with Crippen LogP contribution in [0.25, 0.3) is 0 Å². The first-order chi connectivity index (χ1) is 6.77. The molecular weight excluding hydrogens is 174 g/mol. The van der Waals surface area contributed by atoms with Gasteiger partial charge in [0.1, 0.15) is 11.9 Å². The van der Waals surface area contributed by atoms with Gasteiger partial charge in [-0.25, -0.2) is 4.98 Å². The number of pyridine rings is 1. The number of anilines is 1. The molecule has 3 nitrogen and oxygen atoms in total. The van der Waals surface area contributed by atoms with Crippen molar-refractivity contribution < 1.29 is 0 Å². The van der Waals surface area contributed by atoms with Crippen LogP contribution in [0, 0.1) is 30.6 Å². The van der Waals surface area contributed by atoms with E-state index in [1.807, 2.05) is 13.0 Å². The lowest BCUT2D eigenvalue weighted by Crippen LogP contribution is -2.05.